The Morgan fingerprint density at radius 2 is 2.00 bits per heavy atom. The van der Waals surface area contributed by atoms with Crippen LogP contribution in [0.4, 0.5) is 5.69 Å². The second-order valence-corrected chi connectivity index (χ2v) is 7.10. The van der Waals surface area contributed by atoms with Gasteiger partial charge in [0, 0.05) is 28.0 Å². The van der Waals surface area contributed by atoms with E-state index in [-0.39, 0.29) is 12.5 Å². The van der Waals surface area contributed by atoms with Crippen molar-refractivity contribution >= 4 is 45.9 Å². The monoisotopic (exact) mass is 396 g/mol. The summed E-state index contributed by atoms with van der Waals surface area (Å²) in [6.07, 6.45) is 0.335. The molecule has 0 aliphatic carbocycles. The number of nitrogens with one attached hydrogen (secondary N) is 2. The molecule has 1 aliphatic heterocycles. The third-order valence-corrected chi connectivity index (χ3v) is 4.95. The Labute approximate surface area is 165 Å². The molecular weight excluding hydrogens is 380 g/mol. The highest BCUT2D eigenvalue weighted by atomic mass is 35.5. The first kappa shape index (κ1) is 18.1. The number of para-hydroxylation sites is 1. The molecule has 0 radical (unpaired) electrons. The van der Waals surface area contributed by atoms with E-state index in [1.54, 1.807) is 36.4 Å². The zero-order valence-corrected chi connectivity index (χ0v) is 15.5. The van der Waals surface area contributed by atoms with Crippen LogP contribution in [0.2, 0.25) is 5.02 Å². The second-order valence-electron chi connectivity index (χ2n) is 6.66. The number of amides is 3. The Balaban J connectivity index is 1.60. The molecule has 1 aromatic heterocycles. The van der Waals surface area contributed by atoms with Crippen LogP contribution < -0.4 is 16.0 Å². The van der Waals surface area contributed by atoms with Crippen molar-refractivity contribution in [3.63, 3.8) is 0 Å². The molecule has 3 aromatic rings. The van der Waals surface area contributed by atoms with Gasteiger partial charge in [-0.1, -0.05) is 29.8 Å². The summed E-state index contributed by atoms with van der Waals surface area (Å²) in [5.74, 6) is -1.41. The van der Waals surface area contributed by atoms with Crippen LogP contribution in [0.1, 0.15) is 16.1 Å². The first-order valence-electron chi connectivity index (χ1n) is 8.69. The number of carbonyl (C=O) groups is 3. The van der Waals surface area contributed by atoms with Crippen LogP contribution >= 0.6 is 11.6 Å². The van der Waals surface area contributed by atoms with E-state index >= 15 is 0 Å². The molecule has 0 spiro atoms. The summed E-state index contributed by atoms with van der Waals surface area (Å²) in [6.45, 7) is -0.243. The first-order chi connectivity index (χ1) is 13.4. The zero-order valence-electron chi connectivity index (χ0n) is 14.7. The van der Waals surface area contributed by atoms with Gasteiger partial charge >= 0.3 is 0 Å². The Bertz CT molecular complexity index is 1110. The molecule has 1 atom stereocenters. The van der Waals surface area contributed by atoms with E-state index in [0.29, 0.717) is 22.8 Å². The number of rotatable bonds is 4. The molecule has 142 valence electrons. The number of aromatic amines is 1. The van der Waals surface area contributed by atoms with Gasteiger partial charge < -0.3 is 20.9 Å². The summed E-state index contributed by atoms with van der Waals surface area (Å²) in [6, 6.07) is 13.4. The fourth-order valence-electron chi connectivity index (χ4n) is 3.45. The van der Waals surface area contributed by atoms with Gasteiger partial charge in [0.2, 0.25) is 11.8 Å². The SMILES string of the molecule is NC(=O)CN1C(=O)[C@@H](NC(=O)c2cc3cc(Cl)ccc3[nH]2)Cc2ccccc21. The van der Waals surface area contributed by atoms with Gasteiger partial charge in [-0.15, -0.1) is 0 Å². The van der Waals surface area contributed by atoms with E-state index in [2.05, 4.69) is 10.3 Å². The van der Waals surface area contributed by atoms with Crippen molar-refractivity contribution in [1.82, 2.24) is 10.3 Å². The number of hydrogen-bond donors (Lipinski definition) is 3. The molecule has 4 rings (SSSR count). The van der Waals surface area contributed by atoms with Gasteiger partial charge in [0.05, 0.1) is 0 Å². The lowest BCUT2D eigenvalue weighted by Gasteiger charge is -2.33. The number of H-pyrrole nitrogens is 1. The van der Waals surface area contributed by atoms with Crippen molar-refractivity contribution in [1.29, 1.82) is 0 Å². The fraction of sp³-hybridized carbons (Fsp3) is 0.150. The van der Waals surface area contributed by atoms with Crippen molar-refractivity contribution in [3.05, 3.63) is 64.8 Å². The molecule has 2 aromatic carbocycles. The standard InChI is InChI=1S/C20H17ClN4O3/c21-13-5-6-14-12(7-13)9-15(23-14)19(27)24-16-8-11-3-1-2-4-17(11)25(20(16)28)10-18(22)26/h1-7,9,16,23H,8,10H2,(H2,22,26)(H,24,27)/t16-/m0/s1. The van der Waals surface area contributed by atoms with E-state index in [1.807, 2.05) is 12.1 Å². The maximum Gasteiger partial charge on any atom is 0.268 e. The Hall–Kier alpha value is -3.32. The number of benzene rings is 2. The van der Waals surface area contributed by atoms with Gasteiger partial charge in [-0.05, 0) is 35.9 Å². The topological polar surface area (TPSA) is 108 Å². The normalized spacial score (nSPS) is 16.1. The highest BCUT2D eigenvalue weighted by molar-refractivity contribution is 6.31. The molecule has 0 saturated carbocycles. The minimum Gasteiger partial charge on any atom is -0.368 e. The van der Waals surface area contributed by atoms with Gasteiger partial charge in [0.25, 0.3) is 5.91 Å². The first-order valence-corrected chi connectivity index (χ1v) is 9.07. The number of carbonyl (C=O) groups excluding carboxylic acids is 3. The molecule has 28 heavy (non-hydrogen) atoms. The third kappa shape index (κ3) is 3.32. The smallest absolute Gasteiger partial charge is 0.268 e. The highest BCUT2D eigenvalue weighted by Gasteiger charge is 2.34. The number of anilines is 1. The number of hydrogen-bond acceptors (Lipinski definition) is 3. The lowest BCUT2D eigenvalue weighted by molar-refractivity contribution is -0.123. The van der Waals surface area contributed by atoms with E-state index < -0.39 is 17.9 Å². The molecule has 0 saturated heterocycles. The largest absolute Gasteiger partial charge is 0.368 e. The molecule has 4 N–H and O–H groups in total. The second kappa shape index (κ2) is 7.01. The van der Waals surface area contributed by atoms with Crippen molar-refractivity contribution in [2.75, 3.05) is 11.4 Å². The molecule has 2 heterocycles. The van der Waals surface area contributed by atoms with Crippen molar-refractivity contribution in [2.24, 2.45) is 5.73 Å². The maximum atomic E-state index is 12.9. The highest BCUT2D eigenvalue weighted by Crippen LogP contribution is 2.28. The molecule has 3 amide bonds. The lowest BCUT2D eigenvalue weighted by Crippen LogP contribution is -2.54. The predicted molar refractivity (Wildman–Crippen MR) is 106 cm³/mol. The Morgan fingerprint density at radius 1 is 1.21 bits per heavy atom. The molecule has 1 aliphatic rings. The van der Waals surface area contributed by atoms with Crippen molar-refractivity contribution < 1.29 is 14.4 Å². The van der Waals surface area contributed by atoms with E-state index in [4.69, 9.17) is 17.3 Å². The summed E-state index contributed by atoms with van der Waals surface area (Å²) in [5.41, 5.74) is 7.89. The molecule has 0 bridgehead atoms. The average Bonchev–Trinajstić information content (AvgIpc) is 3.08. The van der Waals surface area contributed by atoms with E-state index in [1.165, 1.54) is 4.90 Å². The van der Waals surface area contributed by atoms with Gasteiger partial charge in [0.1, 0.15) is 18.3 Å². The zero-order chi connectivity index (χ0) is 19.8. The van der Waals surface area contributed by atoms with Crippen LogP contribution in [0.5, 0.6) is 0 Å². The van der Waals surface area contributed by atoms with Gasteiger partial charge in [-0.3, -0.25) is 14.4 Å². The summed E-state index contributed by atoms with van der Waals surface area (Å²) in [4.78, 5) is 41.4. The number of nitrogens with two attached hydrogens (primary N) is 1. The quantitative estimate of drug-likeness (QED) is 0.627. The number of fused-ring (bicyclic) bond motifs is 2. The summed E-state index contributed by atoms with van der Waals surface area (Å²) >= 11 is 5.99. The van der Waals surface area contributed by atoms with Crippen LogP contribution in [0.15, 0.2) is 48.5 Å². The number of nitrogens with zero attached hydrogens (tertiary/aromatic N) is 1. The van der Waals surface area contributed by atoms with E-state index in [0.717, 1.165) is 16.5 Å². The molecular formula is C20H17ClN4O3. The van der Waals surface area contributed by atoms with Crippen LogP contribution in [-0.2, 0) is 16.0 Å². The average molecular weight is 397 g/mol. The summed E-state index contributed by atoms with van der Waals surface area (Å²) < 4.78 is 0. The predicted octanol–water partition coefficient (Wildman–Crippen LogP) is 1.99. The number of primary amides is 1. The lowest BCUT2D eigenvalue weighted by atomic mass is 9.97. The molecule has 0 unspecified atom stereocenters. The number of aromatic nitrogens is 1. The van der Waals surface area contributed by atoms with Crippen LogP contribution in [0.3, 0.4) is 0 Å². The van der Waals surface area contributed by atoms with Crippen LogP contribution in [-0.4, -0.2) is 35.3 Å². The molecule has 0 fully saturated rings. The van der Waals surface area contributed by atoms with Gasteiger partial charge in [0.15, 0.2) is 0 Å². The van der Waals surface area contributed by atoms with Crippen molar-refractivity contribution in [2.45, 2.75) is 12.5 Å². The fourth-order valence-corrected chi connectivity index (χ4v) is 3.63. The maximum absolute atomic E-state index is 12.9. The number of halogens is 1. The van der Waals surface area contributed by atoms with Gasteiger partial charge in [-0.25, -0.2) is 0 Å². The van der Waals surface area contributed by atoms with Crippen LogP contribution in [0, 0.1) is 0 Å². The molecule has 8 heteroatoms. The van der Waals surface area contributed by atoms with Crippen LogP contribution in [0.25, 0.3) is 10.9 Å². The summed E-state index contributed by atoms with van der Waals surface area (Å²) in [7, 11) is 0. The third-order valence-electron chi connectivity index (χ3n) is 4.72. The minimum atomic E-state index is -0.795. The van der Waals surface area contributed by atoms with Gasteiger partial charge in [-0.2, -0.15) is 0 Å². The Morgan fingerprint density at radius 3 is 2.79 bits per heavy atom. The Kier molecular flexibility index (Phi) is 4.52. The minimum absolute atomic E-state index is 0.243. The van der Waals surface area contributed by atoms with Crippen molar-refractivity contribution in [3.8, 4) is 0 Å². The summed E-state index contributed by atoms with van der Waals surface area (Å²) in [5, 5.41) is 4.13. The van der Waals surface area contributed by atoms with E-state index in [9.17, 15) is 14.4 Å². The molecule has 7 nitrogen and oxygen atoms in total.